The maximum atomic E-state index is 8.99. The number of aliphatic hydroxyl groups excluding tert-OH is 1. The van der Waals surface area contributed by atoms with Gasteiger partial charge in [0.05, 0.1) is 12.6 Å². The van der Waals surface area contributed by atoms with Gasteiger partial charge < -0.3 is 10.0 Å². The van der Waals surface area contributed by atoms with Gasteiger partial charge in [-0.1, -0.05) is 6.92 Å². The van der Waals surface area contributed by atoms with Crippen molar-refractivity contribution in [2.75, 3.05) is 18.6 Å². The van der Waals surface area contributed by atoms with Crippen LogP contribution in [0.1, 0.15) is 26.1 Å². The zero-order chi connectivity index (χ0) is 10.6. The molecule has 1 unspecified atom stereocenters. The van der Waals surface area contributed by atoms with Crippen LogP contribution in [0.5, 0.6) is 0 Å². The Labute approximate surface area is 88.8 Å². The van der Waals surface area contributed by atoms with E-state index in [9.17, 15) is 0 Å². The highest BCUT2D eigenvalue weighted by molar-refractivity contribution is 7.09. The molecule has 1 N–H and O–H groups in total. The van der Waals surface area contributed by atoms with Gasteiger partial charge in [-0.05, 0) is 13.3 Å². The summed E-state index contributed by atoms with van der Waals surface area (Å²) in [6, 6.07) is 0.0948. The largest absolute Gasteiger partial charge is 0.394 e. The van der Waals surface area contributed by atoms with E-state index in [0.29, 0.717) is 0 Å². The van der Waals surface area contributed by atoms with E-state index in [0.717, 1.165) is 23.8 Å². The van der Waals surface area contributed by atoms with Gasteiger partial charge in [0.1, 0.15) is 5.82 Å². The number of anilines is 1. The number of rotatable bonds is 5. The predicted molar refractivity (Wildman–Crippen MR) is 58.9 cm³/mol. The van der Waals surface area contributed by atoms with E-state index in [1.165, 1.54) is 11.5 Å². The van der Waals surface area contributed by atoms with Crippen molar-refractivity contribution in [3.8, 4) is 0 Å². The first-order valence-electron chi connectivity index (χ1n) is 4.85. The second kappa shape index (κ2) is 5.26. The maximum Gasteiger partial charge on any atom is 0.205 e. The summed E-state index contributed by atoms with van der Waals surface area (Å²) in [5.41, 5.74) is 0. The Hall–Kier alpha value is -0.680. The fourth-order valence-corrected chi connectivity index (χ4v) is 1.80. The number of hydrogen-bond donors (Lipinski definition) is 1. The van der Waals surface area contributed by atoms with E-state index in [1.807, 2.05) is 18.9 Å². The van der Waals surface area contributed by atoms with E-state index < -0.39 is 0 Å². The number of likely N-dealkylation sites (N-methyl/N-ethyl adjacent to an activating group) is 1. The summed E-state index contributed by atoms with van der Waals surface area (Å²) in [5.74, 6) is 0.907. The smallest absolute Gasteiger partial charge is 0.205 e. The second-order valence-corrected chi connectivity index (χ2v) is 4.12. The summed E-state index contributed by atoms with van der Waals surface area (Å²) in [4.78, 5) is 6.35. The third kappa shape index (κ3) is 2.65. The second-order valence-electron chi connectivity index (χ2n) is 3.39. The molecule has 4 nitrogen and oxygen atoms in total. The summed E-state index contributed by atoms with van der Waals surface area (Å²) in [5, 5.41) is 9.88. The van der Waals surface area contributed by atoms with E-state index in [2.05, 4.69) is 16.3 Å². The first-order valence-corrected chi connectivity index (χ1v) is 5.62. The van der Waals surface area contributed by atoms with E-state index in [4.69, 9.17) is 5.11 Å². The average Bonchev–Trinajstić information content (AvgIpc) is 2.64. The highest BCUT2D eigenvalue weighted by Gasteiger charge is 2.13. The molecular weight excluding hydrogens is 198 g/mol. The number of aliphatic hydroxyl groups is 1. The fraction of sp³-hybridized carbons (Fsp3) is 0.778. The van der Waals surface area contributed by atoms with Gasteiger partial charge in [0.15, 0.2) is 0 Å². The summed E-state index contributed by atoms with van der Waals surface area (Å²) in [6.07, 6.45) is 1.99. The molecule has 1 heterocycles. The molecule has 0 spiro atoms. The van der Waals surface area contributed by atoms with Gasteiger partial charge >= 0.3 is 0 Å². The number of nitrogens with zero attached hydrogens (tertiary/aromatic N) is 3. The lowest BCUT2D eigenvalue weighted by atomic mass is 10.3. The molecule has 0 aliphatic rings. The van der Waals surface area contributed by atoms with Gasteiger partial charge in [-0.2, -0.15) is 4.37 Å². The SMILES string of the molecule is CCCc1nsc(N(C)C(C)CO)n1. The van der Waals surface area contributed by atoms with E-state index >= 15 is 0 Å². The summed E-state index contributed by atoms with van der Waals surface area (Å²) in [7, 11) is 1.93. The lowest BCUT2D eigenvalue weighted by molar-refractivity contribution is 0.270. The minimum absolute atomic E-state index is 0.0948. The summed E-state index contributed by atoms with van der Waals surface area (Å²) >= 11 is 1.39. The zero-order valence-electron chi connectivity index (χ0n) is 8.90. The van der Waals surface area contributed by atoms with Crippen LogP contribution in [0, 0.1) is 0 Å². The van der Waals surface area contributed by atoms with Gasteiger partial charge in [0, 0.05) is 25.0 Å². The van der Waals surface area contributed by atoms with Crippen molar-refractivity contribution in [2.45, 2.75) is 32.7 Å². The van der Waals surface area contributed by atoms with Crippen LogP contribution in [0.25, 0.3) is 0 Å². The van der Waals surface area contributed by atoms with Crippen molar-refractivity contribution < 1.29 is 5.11 Å². The van der Waals surface area contributed by atoms with Crippen molar-refractivity contribution in [3.63, 3.8) is 0 Å². The molecule has 0 saturated heterocycles. The highest BCUT2D eigenvalue weighted by Crippen LogP contribution is 2.18. The Morgan fingerprint density at radius 3 is 2.86 bits per heavy atom. The first kappa shape index (κ1) is 11.4. The molecule has 14 heavy (non-hydrogen) atoms. The Kier molecular flexibility index (Phi) is 4.28. The lowest BCUT2D eigenvalue weighted by Gasteiger charge is -2.21. The lowest BCUT2D eigenvalue weighted by Crippen LogP contribution is -2.31. The molecule has 80 valence electrons. The van der Waals surface area contributed by atoms with Crippen molar-refractivity contribution in [1.82, 2.24) is 9.36 Å². The molecule has 0 bridgehead atoms. The molecule has 1 aromatic heterocycles. The third-order valence-corrected chi connectivity index (χ3v) is 3.00. The van der Waals surface area contributed by atoms with Crippen molar-refractivity contribution in [2.24, 2.45) is 0 Å². The molecule has 0 amide bonds. The molecule has 1 rings (SSSR count). The molecule has 0 aliphatic carbocycles. The Balaban J connectivity index is 2.65. The van der Waals surface area contributed by atoms with Crippen molar-refractivity contribution in [1.29, 1.82) is 0 Å². The molecule has 1 aromatic rings. The van der Waals surface area contributed by atoms with Crippen LogP contribution >= 0.6 is 11.5 Å². The molecule has 0 aromatic carbocycles. The van der Waals surface area contributed by atoms with E-state index in [-0.39, 0.29) is 12.6 Å². The van der Waals surface area contributed by atoms with Crippen LogP contribution in [0.15, 0.2) is 0 Å². The van der Waals surface area contributed by atoms with Crippen LogP contribution in [0.4, 0.5) is 5.13 Å². The molecule has 0 radical (unpaired) electrons. The topological polar surface area (TPSA) is 49.2 Å². The molecule has 0 aliphatic heterocycles. The third-order valence-electron chi connectivity index (χ3n) is 2.16. The van der Waals surface area contributed by atoms with Crippen molar-refractivity contribution >= 4 is 16.7 Å². The molecule has 0 fully saturated rings. The zero-order valence-corrected chi connectivity index (χ0v) is 9.71. The molecular formula is C9H17N3OS. The highest BCUT2D eigenvalue weighted by atomic mass is 32.1. The maximum absolute atomic E-state index is 8.99. The average molecular weight is 215 g/mol. The minimum Gasteiger partial charge on any atom is -0.394 e. The number of aryl methyl sites for hydroxylation is 1. The Bertz CT molecular complexity index is 277. The Morgan fingerprint density at radius 2 is 2.29 bits per heavy atom. The molecule has 0 saturated carbocycles. The van der Waals surface area contributed by atoms with Crippen LogP contribution in [0.3, 0.4) is 0 Å². The van der Waals surface area contributed by atoms with Gasteiger partial charge in [-0.25, -0.2) is 4.98 Å². The number of aromatic nitrogens is 2. The van der Waals surface area contributed by atoms with Crippen molar-refractivity contribution in [3.05, 3.63) is 5.82 Å². The van der Waals surface area contributed by atoms with Crippen LogP contribution < -0.4 is 4.90 Å². The number of hydrogen-bond acceptors (Lipinski definition) is 5. The van der Waals surface area contributed by atoms with Crippen LogP contribution in [-0.2, 0) is 6.42 Å². The molecule has 1 atom stereocenters. The minimum atomic E-state index is 0.0948. The van der Waals surface area contributed by atoms with Gasteiger partial charge in [0.2, 0.25) is 5.13 Å². The molecule has 5 heteroatoms. The normalized spacial score (nSPS) is 12.9. The fourth-order valence-electron chi connectivity index (χ4n) is 1.02. The van der Waals surface area contributed by atoms with Gasteiger partial charge in [-0.3, -0.25) is 0 Å². The van der Waals surface area contributed by atoms with Gasteiger partial charge in [-0.15, -0.1) is 0 Å². The standard InChI is InChI=1S/C9H17N3OS/c1-4-5-8-10-9(14-11-8)12(3)7(2)6-13/h7,13H,4-6H2,1-3H3. The summed E-state index contributed by atoms with van der Waals surface area (Å²) < 4.78 is 4.25. The van der Waals surface area contributed by atoms with Crippen LogP contribution in [0.2, 0.25) is 0 Å². The summed E-state index contributed by atoms with van der Waals surface area (Å²) in [6.45, 7) is 4.21. The van der Waals surface area contributed by atoms with Gasteiger partial charge in [0.25, 0.3) is 0 Å². The van der Waals surface area contributed by atoms with E-state index in [1.54, 1.807) is 0 Å². The Morgan fingerprint density at radius 1 is 1.57 bits per heavy atom. The monoisotopic (exact) mass is 215 g/mol. The first-order chi connectivity index (χ1) is 6.69. The predicted octanol–water partition coefficient (Wildman–Crippen LogP) is 1.31. The van der Waals surface area contributed by atoms with Crippen LogP contribution in [-0.4, -0.2) is 34.2 Å². The quantitative estimate of drug-likeness (QED) is 0.804.